The molecule has 2 heterocycles. The number of halogens is 3. The normalized spacial score (nSPS) is 23.8. The SMILES string of the molecule is CCN1CCOCC12CCN(C(=O)C1CCCC1)CC2.O=C(O)C(F)(F)F. The van der Waals surface area contributed by atoms with E-state index in [1.54, 1.807) is 0 Å². The fraction of sp³-hybridized carbons (Fsp3) is 0.889. The highest BCUT2D eigenvalue weighted by Gasteiger charge is 2.43. The van der Waals surface area contributed by atoms with Crippen LogP contribution < -0.4 is 0 Å². The predicted molar refractivity (Wildman–Crippen MR) is 92.3 cm³/mol. The Kier molecular flexibility index (Phi) is 7.50. The van der Waals surface area contributed by atoms with Gasteiger partial charge in [0.25, 0.3) is 0 Å². The quantitative estimate of drug-likeness (QED) is 0.779. The van der Waals surface area contributed by atoms with E-state index in [1.165, 1.54) is 12.8 Å². The second kappa shape index (κ2) is 9.23. The molecule has 3 rings (SSSR count). The third kappa shape index (κ3) is 5.57. The summed E-state index contributed by atoms with van der Waals surface area (Å²) in [4.78, 5) is 26.1. The van der Waals surface area contributed by atoms with Crippen molar-refractivity contribution in [1.82, 2.24) is 9.80 Å². The fourth-order valence-electron chi connectivity index (χ4n) is 4.29. The highest BCUT2D eigenvalue weighted by Crippen LogP contribution is 2.34. The molecule has 0 aromatic heterocycles. The first kappa shape index (κ1) is 21.9. The van der Waals surface area contributed by atoms with Crippen LogP contribution >= 0.6 is 0 Å². The number of alkyl halides is 3. The molecule has 2 saturated heterocycles. The molecule has 156 valence electrons. The predicted octanol–water partition coefficient (Wildman–Crippen LogP) is 2.52. The van der Waals surface area contributed by atoms with Crippen LogP contribution in [0.3, 0.4) is 0 Å². The van der Waals surface area contributed by atoms with Gasteiger partial charge in [-0.2, -0.15) is 13.2 Å². The Morgan fingerprint density at radius 1 is 1.15 bits per heavy atom. The topological polar surface area (TPSA) is 70.1 Å². The van der Waals surface area contributed by atoms with Gasteiger partial charge in [-0.05, 0) is 32.2 Å². The summed E-state index contributed by atoms with van der Waals surface area (Å²) in [7, 11) is 0. The number of likely N-dealkylation sites (tertiary alicyclic amines) is 1. The molecular weight excluding hydrogens is 365 g/mol. The molecule has 27 heavy (non-hydrogen) atoms. The van der Waals surface area contributed by atoms with E-state index in [0.717, 1.165) is 65.1 Å². The molecule has 1 N–H and O–H groups in total. The van der Waals surface area contributed by atoms with Crippen LogP contribution in [0.2, 0.25) is 0 Å². The molecule has 1 spiro atoms. The first-order chi connectivity index (χ1) is 12.7. The maximum atomic E-state index is 12.5. The number of amides is 1. The van der Waals surface area contributed by atoms with Crippen molar-refractivity contribution in [3.8, 4) is 0 Å². The van der Waals surface area contributed by atoms with E-state index in [0.29, 0.717) is 11.8 Å². The number of carboxylic acid groups (broad SMARTS) is 1. The third-order valence-electron chi connectivity index (χ3n) is 5.88. The number of likely N-dealkylation sites (N-methyl/N-ethyl adjacent to an activating group) is 1. The minimum absolute atomic E-state index is 0.208. The Balaban J connectivity index is 0.000000321. The lowest BCUT2D eigenvalue weighted by atomic mass is 9.85. The van der Waals surface area contributed by atoms with Gasteiger partial charge in [0.05, 0.1) is 13.2 Å². The molecule has 0 aromatic rings. The summed E-state index contributed by atoms with van der Waals surface area (Å²) in [5.74, 6) is -2.00. The summed E-state index contributed by atoms with van der Waals surface area (Å²) in [6, 6.07) is 0. The summed E-state index contributed by atoms with van der Waals surface area (Å²) in [6.45, 7) is 7.95. The first-order valence-corrected chi connectivity index (χ1v) is 9.61. The summed E-state index contributed by atoms with van der Waals surface area (Å²) in [5.41, 5.74) is 0.208. The van der Waals surface area contributed by atoms with Crippen molar-refractivity contribution >= 4 is 11.9 Å². The summed E-state index contributed by atoms with van der Waals surface area (Å²) < 4.78 is 37.5. The summed E-state index contributed by atoms with van der Waals surface area (Å²) in [6.07, 6.45) is 1.80. The molecular formula is C18H29F3N2O4. The van der Waals surface area contributed by atoms with E-state index in [2.05, 4.69) is 16.7 Å². The van der Waals surface area contributed by atoms with E-state index < -0.39 is 12.1 Å². The van der Waals surface area contributed by atoms with Gasteiger partial charge in [0.15, 0.2) is 0 Å². The highest BCUT2D eigenvalue weighted by molar-refractivity contribution is 5.79. The van der Waals surface area contributed by atoms with Gasteiger partial charge >= 0.3 is 12.1 Å². The number of aliphatic carboxylic acids is 1. The minimum atomic E-state index is -5.08. The molecule has 1 aliphatic carbocycles. The number of piperidine rings is 1. The zero-order valence-corrected chi connectivity index (χ0v) is 15.8. The van der Waals surface area contributed by atoms with Crippen LogP contribution in [0.1, 0.15) is 45.4 Å². The maximum absolute atomic E-state index is 12.5. The van der Waals surface area contributed by atoms with Crippen molar-refractivity contribution < 1.29 is 32.6 Å². The van der Waals surface area contributed by atoms with Crippen LogP contribution in [0, 0.1) is 5.92 Å². The Bertz CT molecular complexity index is 513. The number of carboxylic acids is 1. The van der Waals surface area contributed by atoms with Crippen LogP contribution in [-0.4, -0.2) is 77.9 Å². The molecule has 3 fully saturated rings. The molecule has 0 aromatic carbocycles. The molecule has 6 nitrogen and oxygen atoms in total. The molecule has 1 amide bonds. The van der Waals surface area contributed by atoms with Crippen molar-refractivity contribution in [2.75, 3.05) is 39.4 Å². The van der Waals surface area contributed by atoms with Crippen molar-refractivity contribution in [2.45, 2.75) is 57.2 Å². The largest absolute Gasteiger partial charge is 0.490 e. The van der Waals surface area contributed by atoms with Crippen LogP contribution in [-0.2, 0) is 14.3 Å². The molecule has 2 aliphatic heterocycles. The monoisotopic (exact) mass is 394 g/mol. The maximum Gasteiger partial charge on any atom is 0.490 e. The molecule has 0 atom stereocenters. The minimum Gasteiger partial charge on any atom is -0.475 e. The van der Waals surface area contributed by atoms with Crippen molar-refractivity contribution in [1.29, 1.82) is 0 Å². The number of nitrogens with zero attached hydrogens (tertiary/aromatic N) is 2. The summed E-state index contributed by atoms with van der Waals surface area (Å²) >= 11 is 0. The molecule has 1 saturated carbocycles. The van der Waals surface area contributed by atoms with Crippen LogP contribution in [0.4, 0.5) is 13.2 Å². The molecule has 9 heteroatoms. The van der Waals surface area contributed by atoms with Crippen LogP contribution in [0.5, 0.6) is 0 Å². The van der Waals surface area contributed by atoms with Crippen LogP contribution in [0.25, 0.3) is 0 Å². The number of morpholine rings is 1. The van der Waals surface area contributed by atoms with Gasteiger partial charge in [0.1, 0.15) is 0 Å². The highest BCUT2D eigenvalue weighted by atomic mass is 19.4. The zero-order valence-electron chi connectivity index (χ0n) is 15.8. The van der Waals surface area contributed by atoms with E-state index >= 15 is 0 Å². The smallest absolute Gasteiger partial charge is 0.475 e. The van der Waals surface area contributed by atoms with E-state index in [4.69, 9.17) is 14.6 Å². The number of carbonyl (C=O) groups excluding carboxylic acids is 1. The Labute approximate surface area is 157 Å². The second-order valence-electron chi connectivity index (χ2n) is 7.47. The molecule has 0 bridgehead atoms. The molecule has 0 radical (unpaired) electrons. The van der Waals surface area contributed by atoms with Crippen molar-refractivity contribution in [3.05, 3.63) is 0 Å². The van der Waals surface area contributed by atoms with Gasteiger partial charge in [-0.1, -0.05) is 19.8 Å². The Morgan fingerprint density at radius 2 is 1.70 bits per heavy atom. The van der Waals surface area contributed by atoms with Gasteiger partial charge in [-0.15, -0.1) is 0 Å². The Hall–Kier alpha value is -1.35. The number of ether oxygens (including phenoxy) is 1. The average Bonchev–Trinajstić information content (AvgIpc) is 3.16. The molecule has 3 aliphatic rings. The number of hydrogen-bond acceptors (Lipinski definition) is 4. The standard InChI is InChI=1S/C16H28N2O2.C2HF3O2/c1-2-18-11-12-20-13-16(18)7-9-17(10-8-16)15(19)14-5-3-4-6-14;3-2(4,5)1(6)7/h14H,2-13H2,1H3;(H,6,7). The lowest BCUT2D eigenvalue weighted by molar-refractivity contribution is -0.192. The van der Waals surface area contributed by atoms with Gasteiger partial charge < -0.3 is 14.7 Å². The van der Waals surface area contributed by atoms with Gasteiger partial charge in [-0.3, -0.25) is 9.69 Å². The lowest BCUT2D eigenvalue weighted by Crippen LogP contribution is -2.62. The second-order valence-corrected chi connectivity index (χ2v) is 7.47. The van der Waals surface area contributed by atoms with E-state index in [1.807, 2.05) is 0 Å². The summed E-state index contributed by atoms with van der Waals surface area (Å²) in [5, 5.41) is 7.12. The zero-order chi connectivity index (χ0) is 20.1. The Morgan fingerprint density at radius 3 is 2.19 bits per heavy atom. The number of hydrogen-bond donors (Lipinski definition) is 1. The van der Waals surface area contributed by atoms with Gasteiger partial charge in [-0.25, -0.2) is 4.79 Å². The number of carbonyl (C=O) groups is 2. The van der Waals surface area contributed by atoms with E-state index in [-0.39, 0.29) is 5.54 Å². The van der Waals surface area contributed by atoms with Gasteiger partial charge in [0.2, 0.25) is 5.91 Å². The lowest BCUT2D eigenvalue weighted by Gasteiger charge is -2.51. The number of rotatable bonds is 2. The van der Waals surface area contributed by atoms with Crippen molar-refractivity contribution in [2.24, 2.45) is 5.92 Å². The fourth-order valence-corrected chi connectivity index (χ4v) is 4.29. The van der Waals surface area contributed by atoms with E-state index in [9.17, 15) is 18.0 Å². The average molecular weight is 394 g/mol. The van der Waals surface area contributed by atoms with Gasteiger partial charge in [0, 0.05) is 31.1 Å². The first-order valence-electron chi connectivity index (χ1n) is 9.61. The third-order valence-corrected chi connectivity index (χ3v) is 5.88. The van der Waals surface area contributed by atoms with Crippen molar-refractivity contribution in [3.63, 3.8) is 0 Å². The van der Waals surface area contributed by atoms with Crippen LogP contribution in [0.15, 0.2) is 0 Å². The molecule has 0 unspecified atom stereocenters.